The molecule has 0 aliphatic heterocycles. The van der Waals surface area contributed by atoms with E-state index in [1.807, 2.05) is 0 Å². The Morgan fingerprint density at radius 1 is 1.14 bits per heavy atom. The van der Waals surface area contributed by atoms with Crippen LogP contribution < -0.4 is 5.32 Å². The van der Waals surface area contributed by atoms with Gasteiger partial charge in [0.1, 0.15) is 11.4 Å². The van der Waals surface area contributed by atoms with Gasteiger partial charge in [-0.3, -0.25) is 10.1 Å². The highest BCUT2D eigenvalue weighted by Crippen LogP contribution is 2.23. The highest BCUT2D eigenvalue weighted by atomic mass is 16.6. The highest BCUT2D eigenvalue weighted by Gasteiger charge is 2.16. The van der Waals surface area contributed by atoms with Gasteiger partial charge in [0, 0.05) is 11.3 Å². The molecule has 0 aliphatic carbocycles. The van der Waals surface area contributed by atoms with Crippen molar-refractivity contribution in [2.75, 3.05) is 5.32 Å². The minimum atomic E-state index is -0.538. The Balaban J connectivity index is 2.05. The second-order valence-corrected chi connectivity index (χ2v) is 5.52. The van der Waals surface area contributed by atoms with Crippen molar-refractivity contribution in [3.05, 3.63) is 42.2 Å². The van der Waals surface area contributed by atoms with Crippen LogP contribution in [0.25, 0.3) is 11.3 Å². The first-order chi connectivity index (χ1) is 9.87. The van der Waals surface area contributed by atoms with Crippen LogP contribution in [0.2, 0.25) is 0 Å². The number of rotatable bonds is 3. The standard InChI is InChI=1S/C16H17NO4/c1-16(2,3)21-15(19)17-12-6-4-11(5-7-12)14-9-8-13(10-18)20-14/h4-10H,1-3H3,(H,17,19). The summed E-state index contributed by atoms with van der Waals surface area (Å²) in [5.41, 5.74) is 0.900. The van der Waals surface area contributed by atoms with Gasteiger partial charge in [0.05, 0.1) is 0 Å². The van der Waals surface area contributed by atoms with Gasteiger partial charge in [0.15, 0.2) is 12.0 Å². The lowest BCUT2D eigenvalue weighted by Crippen LogP contribution is -2.27. The number of hydrogen-bond acceptors (Lipinski definition) is 4. The second-order valence-electron chi connectivity index (χ2n) is 5.52. The Labute approximate surface area is 122 Å². The molecule has 110 valence electrons. The zero-order valence-corrected chi connectivity index (χ0v) is 12.2. The van der Waals surface area contributed by atoms with Crippen molar-refractivity contribution in [1.82, 2.24) is 0 Å². The lowest BCUT2D eigenvalue weighted by Gasteiger charge is -2.19. The van der Waals surface area contributed by atoms with Gasteiger partial charge in [-0.1, -0.05) is 0 Å². The maximum absolute atomic E-state index is 11.6. The summed E-state index contributed by atoms with van der Waals surface area (Å²) in [7, 11) is 0. The van der Waals surface area contributed by atoms with Crippen LogP contribution in [0.1, 0.15) is 31.3 Å². The smallest absolute Gasteiger partial charge is 0.412 e. The van der Waals surface area contributed by atoms with Crippen molar-refractivity contribution in [2.45, 2.75) is 26.4 Å². The van der Waals surface area contributed by atoms with Crippen LogP contribution in [0, 0.1) is 0 Å². The molecule has 2 aromatic rings. The molecule has 1 heterocycles. The molecule has 5 nitrogen and oxygen atoms in total. The summed E-state index contributed by atoms with van der Waals surface area (Å²) in [6, 6.07) is 10.4. The number of furan rings is 1. The Bertz CT molecular complexity index is 635. The normalized spacial score (nSPS) is 11.0. The number of aldehydes is 1. The molecular formula is C16H17NO4. The van der Waals surface area contributed by atoms with Gasteiger partial charge in [-0.05, 0) is 57.2 Å². The number of hydrogen-bond donors (Lipinski definition) is 1. The number of nitrogens with one attached hydrogen (secondary N) is 1. The van der Waals surface area contributed by atoms with Crippen molar-refractivity contribution in [2.24, 2.45) is 0 Å². The highest BCUT2D eigenvalue weighted by molar-refractivity contribution is 5.85. The number of amides is 1. The summed E-state index contributed by atoms with van der Waals surface area (Å²) < 4.78 is 10.5. The molecule has 21 heavy (non-hydrogen) atoms. The van der Waals surface area contributed by atoms with Gasteiger partial charge < -0.3 is 9.15 Å². The maximum atomic E-state index is 11.6. The number of anilines is 1. The Morgan fingerprint density at radius 3 is 2.33 bits per heavy atom. The molecule has 0 saturated heterocycles. The van der Waals surface area contributed by atoms with Crippen molar-refractivity contribution in [1.29, 1.82) is 0 Å². The fourth-order valence-corrected chi connectivity index (χ4v) is 1.71. The first-order valence-electron chi connectivity index (χ1n) is 6.53. The Morgan fingerprint density at radius 2 is 1.81 bits per heavy atom. The van der Waals surface area contributed by atoms with Gasteiger partial charge in [0.2, 0.25) is 0 Å². The molecule has 1 aromatic carbocycles. The topological polar surface area (TPSA) is 68.5 Å². The van der Waals surface area contributed by atoms with Gasteiger partial charge in [-0.15, -0.1) is 0 Å². The van der Waals surface area contributed by atoms with E-state index in [-0.39, 0.29) is 5.76 Å². The molecule has 1 amide bonds. The quantitative estimate of drug-likeness (QED) is 0.863. The molecule has 0 fully saturated rings. The molecule has 0 aliphatic rings. The summed E-state index contributed by atoms with van der Waals surface area (Å²) >= 11 is 0. The largest absolute Gasteiger partial charge is 0.453 e. The predicted molar refractivity (Wildman–Crippen MR) is 79.4 cm³/mol. The van der Waals surface area contributed by atoms with Gasteiger partial charge in [-0.25, -0.2) is 4.79 Å². The van der Waals surface area contributed by atoms with Crippen molar-refractivity contribution >= 4 is 18.1 Å². The van der Waals surface area contributed by atoms with Crippen LogP contribution in [0.3, 0.4) is 0 Å². The van der Waals surface area contributed by atoms with E-state index in [1.165, 1.54) is 0 Å². The number of benzene rings is 1. The predicted octanol–water partition coefficient (Wildman–Crippen LogP) is 4.11. The maximum Gasteiger partial charge on any atom is 0.412 e. The second kappa shape index (κ2) is 5.83. The van der Waals surface area contributed by atoms with Crippen LogP contribution in [0.15, 0.2) is 40.8 Å². The van der Waals surface area contributed by atoms with E-state index in [9.17, 15) is 9.59 Å². The van der Waals surface area contributed by atoms with E-state index >= 15 is 0 Å². The Hall–Kier alpha value is -2.56. The average molecular weight is 287 g/mol. The zero-order chi connectivity index (χ0) is 15.5. The average Bonchev–Trinajstić information content (AvgIpc) is 2.86. The molecule has 0 bridgehead atoms. The summed E-state index contributed by atoms with van der Waals surface area (Å²) in [4.78, 5) is 22.2. The summed E-state index contributed by atoms with van der Waals surface area (Å²) in [5.74, 6) is 0.877. The fourth-order valence-electron chi connectivity index (χ4n) is 1.71. The Kier molecular flexibility index (Phi) is 4.12. The minimum absolute atomic E-state index is 0.279. The summed E-state index contributed by atoms with van der Waals surface area (Å²) in [6.45, 7) is 5.41. The van der Waals surface area contributed by atoms with Gasteiger partial charge >= 0.3 is 6.09 Å². The van der Waals surface area contributed by atoms with Gasteiger partial charge in [0.25, 0.3) is 0 Å². The van der Waals surface area contributed by atoms with Crippen LogP contribution in [0.5, 0.6) is 0 Å². The van der Waals surface area contributed by atoms with Crippen LogP contribution in [-0.4, -0.2) is 18.0 Å². The minimum Gasteiger partial charge on any atom is -0.453 e. The van der Waals surface area contributed by atoms with Crippen molar-refractivity contribution in [3.8, 4) is 11.3 Å². The molecule has 0 spiro atoms. The molecule has 1 aromatic heterocycles. The third-order valence-corrected chi connectivity index (χ3v) is 2.56. The number of carbonyl (C=O) groups excluding carboxylic acids is 2. The van der Waals surface area contributed by atoms with Gasteiger partial charge in [-0.2, -0.15) is 0 Å². The third-order valence-electron chi connectivity index (χ3n) is 2.56. The molecule has 0 radical (unpaired) electrons. The number of ether oxygens (including phenoxy) is 1. The van der Waals surface area contributed by atoms with Crippen molar-refractivity contribution in [3.63, 3.8) is 0 Å². The van der Waals surface area contributed by atoms with E-state index in [1.54, 1.807) is 57.2 Å². The summed E-state index contributed by atoms with van der Waals surface area (Å²) in [5, 5.41) is 2.65. The fraction of sp³-hybridized carbons (Fsp3) is 0.250. The molecule has 0 saturated carbocycles. The molecule has 5 heteroatoms. The van der Waals surface area contributed by atoms with E-state index < -0.39 is 11.7 Å². The summed E-state index contributed by atoms with van der Waals surface area (Å²) in [6.07, 6.45) is 0.151. The van der Waals surface area contributed by atoms with Crippen LogP contribution in [0.4, 0.5) is 10.5 Å². The lowest BCUT2D eigenvalue weighted by atomic mass is 10.1. The monoisotopic (exact) mass is 287 g/mol. The molecular weight excluding hydrogens is 270 g/mol. The van der Waals surface area contributed by atoms with Crippen LogP contribution >= 0.6 is 0 Å². The first kappa shape index (κ1) is 14.8. The number of carbonyl (C=O) groups is 2. The van der Waals surface area contributed by atoms with E-state index in [0.29, 0.717) is 17.7 Å². The zero-order valence-electron chi connectivity index (χ0n) is 12.2. The lowest BCUT2D eigenvalue weighted by molar-refractivity contribution is 0.0636. The molecule has 0 atom stereocenters. The third kappa shape index (κ3) is 4.21. The van der Waals surface area contributed by atoms with Crippen molar-refractivity contribution < 1.29 is 18.7 Å². The SMILES string of the molecule is CC(C)(C)OC(=O)Nc1ccc(-c2ccc(C=O)o2)cc1. The molecule has 0 unspecified atom stereocenters. The van der Waals surface area contributed by atoms with Crippen LogP contribution in [-0.2, 0) is 4.74 Å². The van der Waals surface area contributed by atoms with E-state index in [4.69, 9.17) is 9.15 Å². The first-order valence-corrected chi connectivity index (χ1v) is 6.53. The van der Waals surface area contributed by atoms with E-state index in [0.717, 1.165) is 5.56 Å². The molecule has 2 rings (SSSR count). The molecule has 1 N–H and O–H groups in total. The van der Waals surface area contributed by atoms with E-state index in [2.05, 4.69) is 5.32 Å².